The van der Waals surface area contributed by atoms with Crippen molar-refractivity contribution in [3.05, 3.63) is 101 Å². The first-order valence-electron chi connectivity index (χ1n) is 13.0. The summed E-state index contributed by atoms with van der Waals surface area (Å²) in [4.78, 5) is 44.1. The van der Waals surface area contributed by atoms with Gasteiger partial charge >= 0.3 is 0 Å². The molecule has 3 amide bonds. The lowest BCUT2D eigenvalue weighted by Gasteiger charge is -2.45. The number of hydrogen-bond acceptors (Lipinski definition) is 3. The predicted molar refractivity (Wildman–Crippen MR) is 137 cm³/mol. The molecule has 0 spiro atoms. The highest BCUT2D eigenvalue weighted by Crippen LogP contribution is 2.61. The second kappa shape index (κ2) is 7.89. The third kappa shape index (κ3) is 2.92. The van der Waals surface area contributed by atoms with Crippen LogP contribution in [0.25, 0.3) is 0 Å². The van der Waals surface area contributed by atoms with Gasteiger partial charge in [0, 0.05) is 30.5 Å². The second-order valence-electron chi connectivity index (χ2n) is 10.8. The Morgan fingerprint density at radius 2 is 1.14 bits per heavy atom. The third-order valence-corrected chi connectivity index (χ3v) is 8.89. The standard InChI is InChI=1S/C31H28N2O3/c1-18-14-16-32(17-15-18)29(34)19-10-12-20(13-11-19)33-30(35)27-25-21-6-2-3-7-22(21)26(28(27)31(33)36)24-9-5-4-8-23(24)25/h2-13,18,25-28H,14-17H2,1H3/t25?,26?,27-,28+. The molecule has 8 rings (SSSR count). The second-order valence-corrected chi connectivity index (χ2v) is 10.8. The van der Waals surface area contributed by atoms with Crippen molar-refractivity contribution < 1.29 is 14.4 Å². The maximum atomic E-state index is 13.9. The molecule has 2 atom stereocenters. The normalized spacial score (nSPS) is 26.6. The molecule has 0 N–H and O–H groups in total. The van der Waals surface area contributed by atoms with Gasteiger partial charge in [0.2, 0.25) is 11.8 Å². The third-order valence-electron chi connectivity index (χ3n) is 8.89. The molecule has 2 saturated heterocycles. The lowest BCUT2D eigenvalue weighted by molar-refractivity contribution is -0.122. The first-order valence-corrected chi connectivity index (χ1v) is 13.0. The van der Waals surface area contributed by atoms with Gasteiger partial charge < -0.3 is 4.90 Å². The van der Waals surface area contributed by atoms with Crippen LogP contribution in [0.2, 0.25) is 0 Å². The topological polar surface area (TPSA) is 57.7 Å². The zero-order chi connectivity index (χ0) is 24.6. The van der Waals surface area contributed by atoms with E-state index in [1.807, 2.05) is 29.2 Å². The monoisotopic (exact) mass is 476 g/mol. The summed E-state index contributed by atoms with van der Waals surface area (Å²) < 4.78 is 0. The molecule has 5 aliphatic rings. The molecule has 3 aromatic carbocycles. The van der Waals surface area contributed by atoms with Crippen molar-refractivity contribution in [1.29, 1.82) is 0 Å². The minimum Gasteiger partial charge on any atom is -0.339 e. The summed E-state index contributed by atoms with van der Waals surface area (Å²) in [6.07, 6.45) is 2.05. The number of imide groups is 1. The number of amides is 3. The van der Waals surface area contributed by atoms with Crippen LogP contribution in [0.3, 0.4) is 0 Å². The highest BCUT2D eigenvalue weighted by atomic mass is 16.2. The molecule has 36 heavy (non-hydrogen) atoms. The predicted octanol–water partition coefficient (Wildman–Crippen LogP) is 4.96. The molecule has 0 aromatic heterocycles. The molecule has 5 nitrogen and oxygen atoms in total. The number of hydrogen-bond donors (Lipinski definition) is 0. The zero-order valence-electron chi connectivity index (χ0n) is 20.3. The maximum Gasteiger partial charge on any atom is 0.253 e. The molecule has 0 unspecified atom stereocenters. The van der Waals surface area contributed by atoms with Gasteiger partial charge in [-0.25, -0.2) is 4.90 Å². The lowest BCUT2D eigenvalue weighted by atomic mass is 9.55. The van der Waals surface area contributed by atoms with E-state index in [-0.39, 0.29) is 29.6 Å². The van der Waals surface area contributed by atoms with Crippen LogP contribution in [0.1, 0.15) is 64.2 Å². The number of benzene rings is 3. The van der Waals surface area contributed by atoms with E-state index in [0.717, 1.165) is 25.9 Å². The van der Waals surface area contributed by atoms with Gasteiger partial charge in [-0.2, -0.15) is 0 Å². The molecule has 5 heteroatoms. The van der Waals surface area contributed by atoms with Crippen LogP contribution in [-0.4, -0.2) is 35.7 Å². The fourth-order valence-corrected chi connectivity index (χ4v) is 7.08. The molecule has 2 heterocycles. The number of carbonyl (C=O) groups is 3. The molecule has 0 saturated carbocycles. The molecule has 0 radical (unpaired) electrons. The molecular formula is C31H28N2O3. The average molecular weight is 477 g/mol. The van der Waals surface area contributed by atoms with E-state index in [1.54, 1.807) is 24.3 Å². The summed E-state index contributed by atoms with van der Waals surface area (Å²) in [5, 5.41) is 0. The minimum atomic E-state index is -0.399. The first-order chi connectivity index (χ1) is 17.5. The molecule has 2 aliphatic heterocycles. The summed E-state index contributed by atoms with van der Waals surface area (Å²) in [6, 6.07) is 23.6. The Bertz CT molecular complexity index is 1290. The van der Waals surface area contributed by atoms with Gasteiger partial charge in [0.25, 0.3) is 5.91 Å². The van der Waals surface area contributed by atoms with Crippen molar-refractivity contribution >= 4 is 23.4 Å². The Labute approximate surface area is 210 Å². The van der Waals surface area contributed by atoms with E-state index in [0.29, 0.717) is 17.2 Å². The number of likely N-dealkylation sites (tertiary alicyclic amines) is 1. The molecular weight excluding hydrogens is 448 g/mol. The highest BCUT2D eigenvalue weighted by molar-refractivity contribution is 6.23. The van der Waals surface area contributed by atoms with E-state index >= 15 is 0 Å². The Balaban J connectivity index is 1.23. The van der Waals surface area contributed by atoms with E-state index < -0.39 is 11.8 Å². The fraction of sp³-hybridized carbons (Fsp3) is 0.323. The van der Waals surface area contributed by atoms with Gasteiger partial charge in [0.05, 0.1) is 17.5 Å². The maximum absolute atomic E-state index is 13.9. The fourth-order valence-electron chi connectivity index (χ4n) is 7.08. The first kappa shape index (κ1) is 21.5. The number of piperidine rings is 1. The van der Waals surface area contributed by atoms with Crippen molar-refractivity contribution in [2.75, 3.05) is 18.0 Å². The van der Waals surface area contributed by atoms with Crippen molar-refractivity contribution in [3.63, 3.8) is 0 Å². The minimum absolute atomic E-state index is 0.0186. The van der Waals surface area contributed by atoms with E-state index in [2.05, 4.69) is 31.2 Å². The van der Waals surface area contributed by atoms with Gasteiger partial charge in [0.15, 0.2) is 0 Å². The average Bonchev–Trinajstić information content (AvgIpc) is 3.19. The van der Waals surface area contributed by atoms with Gasteiger partial charge in [-0.1, -0.05) is 55.5 Å². The van der Waals surface area contributed by atoms with Crippen LogP contribution in [0.4, 0.5) is 5.69 Å². The number of nitrogens with zero attached hydrogens (tertiary/aromatic N) is 2. The summed E-state index contributed by atoms with van der Waals surface area (Å²) in [7, 11) is 0. The van der Waals surface area contributed by atoms with Crippen LogP contribution < -0.4 is 4.90 Å². The number of rotatable bonds is 2. The van der Waals surface area contributed by atoms with Crippen molar-refractivity contribution in [2.24, 2.45) is 17.8 Å². The van der Waals surface area contributed by atoms with Gasteiger partial charge in [-0.3, -0.25) is 14.4 Å². The van der Waals surface area contributed by atoms with Crippen LogP contribution in [0, 0.1) is 17.8 Å². The highest BCUT2D eigenvalue weighted by Gasteiger charge is 2.61. The largest absolute Gasteiger partial charge is 0.339 e. The Kier molecular flexibility index (Phi) is 4.72. The van der Waals surface area contributed by atoms with E-state index in [4.69, 9.17) is 0 Å². The van der Waals surface area contributed by atoms with Crippen LogP contribution in [0.15, 0.2) is 72.8 Å². The van der Waals surface area contributed by atoms with Gasteiger partial charge in [0.1, 0.15) is 0 Å². The summed E-state index contributed by atoms with van der Waals surface area (Å²) in [5.41, 5.74) is 5.83. The smallest absolute Gasteiger partial charge is 0.253 e. The molecule has 2 fully saturated rings. The van der Waals surface area contributed by atoms with Gasteiger partial charge in [-0.15, -0.1) is 0 Å². The molecule has 3 aromatic rings. The molecule has 180 valence electrons. The quantitative estimate of drug-likeness (QED) is 0.492. The SMILES string of the molecule is CC1CCN(C(=O)c2ccc(N3C(=O)[C@@H]4C5c6ccccc6C(c6ccccc65)[C@@H]4C3=O)cc2)CC1. The van der Waals surface area contributed by atoms with Gasteiger partial charge in [-0.05, 0) is 65.3 Å². The molecule has 2 bridgehead atoms. The number of carbonyl (C=O) groups excluding carboxylic acids is 3. The summed E-state index contributed by atoms with van der Waals surface area (Å²) in [6.45, 7) is 3.78. The number of anilines is 1. The van der Waals surface area contributed by atoms with E-state index in [9.17, 15) is 14.4 Å². The van der Waals surface area contributed by atoms with E-state index in [1.165, 1.54) is 27.2 Å². The Morgan fingerprint density at radius 1 is 0.694 bits per heavy atom. The zero-order valence-corrected chi connectivity index (χ0v) is 20.3. The Hall–Kier alpha value is -3.73. The summed E-state index contributed by atoms with van der Waals surface area (Å²) >= 11 is 0. The van der Waals surface area contributed by atoms with Crippen LogP contribution in [0.5, 0.6) is 0 Å². The lowest BCUT2D eigenvalue weighted by Crippen LogP contribution is -2.41. The van der Waals surface area contributed by atoms with Crippen molar-refractivity contribution in [2.45, 2.75) is 31.6 Å². The van der Waals surface area contributed by atoms with Crippen molar-refractivity contribution in [1.82, 2.24) is 4.90 Å². The van der Waals surface area contributed by atoms with Crippen molar-refractivity contribution in [3.8, 4) is 0 Å². The molecule has 3 aliphatic carbocycles. The summed E-state index contributed by atoms with van der Waals surface area (Å²) in [5.74, 6) is -0.619. The van der Waals surface area contributed by atoms with Crippen LogP contribution >= 0.6 is 0 Å². The van der Waals surface area contributed by atoms with Crippen LogP contribution in [-0.2, 0) is 9.59 Å². The Morgan fingerprint density at radius 3 is 1.58 bits per heavy atom.